The van der Waals surface area contributed by atoms with Gasteiger partial charge >= 0.3 is 0 Å². The molecule has 2 heterocycles. The molecule has 0 radical (unpaired) electrons. The van der Waals surface area contributed by atoms with Crippen molar-refractivity contribution in [3.63, 3.8) is 0 Å². The van der Waals surface area contributed by atoms with Crippen molar-refractivity contribution in [2.45, 2.75) is 6.92 Å². The van der Waals surface area contributed by atoms with Crippen molar-refractivity contribution in [3.8, 4) is 5.75 Å². The first kappa shape index (κ1) is 17.4. The summed E-state index contributed by atoms with van der Waals surface area (Å²) in [6.07, 6.45) is 1.35. The summed E-state index contributed by atoms with van der Waals surface area (Å²) in [6.45, 7) is 3.54. The van der Waals surface area contributed by atoms with E-state index in [1.54, 1.807) is 36.1 Å². The quantitative estimate of drug-likeness (QED) is 0.833. The fraction of sp³-hybridized carbons (Fsp3) is 0.353. The lowest BCUT2D eigenvalue weighted by atomic mass is 10.3. The molecule has 0 N–H and O–H groups in total. The lowest BCUT2D eigenvalue weighted by molar-refractivity contribution is -0.133. The van der Waals surface area contributed by atoms with Gasteiger partial charge in [0.2, 0.25) is 0 Å². The summed E-state index contributed by atoms with van der Waals surface area (Å²) in [4.78, 5) is 23.6. The number of hydrogen-bond acceptors (Lipinski definition) is 5. The molecule has 132 valence electrons. The molecular formula is C17H18ClFN4O2. The second-order valence-electron chi connectivity index (χ2n) is 5.71. The van der Waals surface area contributed by atoms with E-state index in [0.29, 0.717) is 42.6 Å². The van der Waals surface area contributed by atoms with E-state index in [9.17, 15) is 9.18 Å². The van der Waals surface area contributed by atoms with Gasteiger partial charge in [-0.3, -0.25) is 4.79 Å². The van der Waals surface area contributed by atoms with Crippen LogP contribution in [0.25, 0.3) is 0 Å². The molecule has 1 fully saturated rings. The van der Waals surface area contributed by atoms with Crippen LogP contribution in [0.15, 0.2) is 30.6 Å². The number of amides is 1. The smallest absolute Gasteiger partial charge is 0.260 e. The van der Waals surface area contributed by atoms with Gasteiger partial charge in [-0.2, -0.15) is 0 Å². The van der Waals surface area contributed by atoms with Crippen LogP contribution in [0.2, 0.25) is 5.02 Å². The van der Waals surface area contributed by atoms with Crippen LogP contribution < -0.4 is 9.64 Å². The zero-order valence-corrected chi connectivity index (χ0v) is 14.5. The number of anilines is 1. The summed E-state index contributed by atoms with van der Waals surface area (Å²) in [6, 6.07) is 6.91. The van der Waals surface area contributed by atoms with Gasteiger partial charge in [-0.05, 0) is 25.1 Å². The summed E-state index contributed by atoms with van der Waals surface area (Å²) in [5.74, 6) is 0.318. The van der Waals surface area contributed by atoms with E-state index in [4.69, 9.17) is 16.3 Å². The van der Waals surface area contributed by atoms with Gasteiger partial charge in [-0.25, -0.2) is 14.4 Å². The summed E-state index contributed by atoms with van der Waals surface area (Å²) >= 11 is 5.89. The molecule has 0 saturated carbocycles. The minimum atomic E-state index is -0.411. The van der Waals surface area contributed by atoms with Crippen LogP contribution in [0.1, 0.15) is 5.69 Å². The molecule has 1 saturated heterocycles. The third-order valence-electron chi connectivity index (χ3n) is 4.04. The van der Waals surface area contributed by atoms with E-state index in [-0.39, 0.29) is 18.3 Å². The maximum absolute atomic E-state index is 14.1. The molecule has 0 unspecified atom stereocenters. The van der Waals surface area contributed by atoms with E-state index >= 15 is 0 Å². The van der Waals surface area contributed by atoms with Gasteiger partial charge in [0.15, 0.2) is 18.2 Å². The standard InChI is InChI=1S/C17H18ClFN4O2/c1-12-16(19)17(21-11-20-12)23-7-5-22(6-8-23)15(24)10-25-14-4-2-3-13(18)9-14/h2-4,9,11H,5-8,10H2,1H3. The Bertz CT molecular complexity index is 766. The first-order chi connectivity index (χ1) is 12.0. The van der Waals surface area contributed by atoms with Crippen molar-refractivity contribution >= 4 is 23.3 Å². The molecule has 25 heavy (non-hydrogen) atoms. The van der Waals surface area contributed by atoms with Gasteiger partial charge in [0.25, 0.3) is 5.91 Å². The topological polar surface area (TPSA) is 58.6 Å². The minimum Gasteiger partial charge on any atom is -0.484 e. The number of rotatable bonds is 4. The number of benzene rings is 1. The molecule has 8 heteroatoms. The van der Waals surface area contributed by atoms with E-state index in [0.717, 1.165) is 0 Å². The Hall–Kier alpha value is -2.41. The second kappa shape index (κ2) is 7.65. The van der Waals surface area contributed by atoms with Crippen LogP contribution in [0.3, 0.4) is 0 Å². The Balaban J connectivity index is 1.53. The lowest BCUT2D eigenvalue weighted by Gasteiger charge is -2.35. The molecular weight excluding hydrogens is 347 g/mol. The van der Waals surface area contributed by atoms with Gasteiger partial charge in [0, 0.05) is 31.2 Å². The molecule has 2 aromatic rings. The van der Waals surface area contributed by atoms with Crippen LogP contribution in [0.4, 0.5) is 10.2 Å². The highest BCUT2D eigenvalue weighted by Gasteiger charge is 2.24. The minimum absolute atomic E-state index is 0.0542. The predicted octanol–water partition coefficient (Wildman–Crippen LogP) is 2.31. The maximum atomic E-state index is 14.1. The highest BCUT2D eigenvalue weighted by molar-refractivity contribution is 6.30. The molecule has 1 aromatic carbocycles. The number of hydrogen-bond donors (Lipinski definition) is 0. The summed E-state index contributed by atoms with van der Waals surface area (Å²) < 4.78 is 19.6. The fourth-order valence-electron chi connectivity index (χ4n) is 2.63. The third-order valence-corrected chi connectivity index (χ3v) is 4.27. The Labute approximate surface area is 150 Å². The van der Waals surface area contributed by atoms with Gasteiger partial charge in [-0.15, -0.1) is 0 Å². The zero-order valence-electron chi connectivity index (χ0n) is 13.8. The summed E-state index contributed by atoms with van der Waals surface area (Å²) in [5, 5.41) is 0.556. The average Bonchev–Trinajstić information content (AvgIpc) is 2.62. The molecule has 3 rings (SSSR count). The van der Waals surface area contributed by atoms with E-state index in [1.807, 2.05) is 4.90 Å². The van der Waals surface area contributed by atoms with Gasteiger partial charge in [0.1, 0.15) is 12.1 Å². The fourth-order valence-corrected chi connectivity index (χ4v) is 2.81. The van der Waals surface area contributed by atoms with Crippen LogP contribution in [0.5, 0.6) is 5.75 Å². The number of nitrogens with zero attached hydrogens (tertiary/aromatic N) is 4. The predicted molar refractivity (Wildman–Crippen MR) is 92.5 cm³/mol. The highest BCUT2D eigenvalue weighted by Crippen LogP contribution is 2.20. The first-order valence-electron chi connectivity index (χ1n) is 7.93. The Kier molecular flexibility index (Phi) is 5.33. The molecule has 0 bridgehead atoms. The van der Waals surface area contributed by atoms with Crippen molar-refractivity contribution in [3.05, 3.63) is 47.1 Å². The normalized spacial score (nSPS) is 14.5. The van der Waals surface area contributed by atoms with Crippen LogP contribution >= 0.6 is 11.6 Å². The monoisotopic (exact) mass is 364 g/mol. The van der Waals surface area contributed by atoms with Crippen molar-refractivity contribution in [2.24, 2.45) is 0 Å². The SMILES string of the molecule is Cc1ncnc(N2CCN(C(=O)COc3cccc(Cl)c3)CC2)c1F. The van der Waals surface area contributed by atoms with Crippen molar-refractivity contribution in [1.82, 2.24) is 14.9 Å². The Morgan fingerprint density at radius 2 is 2.04 bits per heavy atom. The zero-order chi connectivity index (χ0) is 17.8. The largest absolute Gasteiger partial charge is 0.484 e. The van der Waals surface area contributed by atoms with E-state index in [1.165, 1.54) is 6.33 Å². The van der Waals surface area contributed by atoms with Gasteiger partial charge in [0.05, 0.1) is 5.69 Å². The number of aryl methyl sites for hydroxylation is 1. The molecule has 1 aromatic heterocycles. The molecule has 0 atom stereocenters. The number of carbonyl (C=O) groups is 1. The molecule has 0 spiro atoms. The number of aromatic nitrogens is 2. The van der Waals surface area contributed by atoms with Crippen LogP contribution in [0, 0.1) is 12.7 Å². The molecule has 1 amide bonds. The van der Waals surface area contributed by atoms with E-state index < -0.39 is 5.82 Å². The highest BCUT2D eigenvalue weighted by atomic mass is 35.5. The Morgan fingerprint density at radius 3 is 2.76 bits per heavy atom. The van der Waals surface area contributed by atoms with Crippen molar-refractivity contribution in [2.75, 3.05) is 37.7 Å². The first-order valence-corrected chi connectivity index (χ1v) is 8.30. The third kappa shape index (κ3) is 4.17. The number of halogens is 2. The van der Waals surface area contributed by atoms with Crippen LogP contribution in [-0.2, 0) is 4.79 Å². The second-order valence-corrected chi connectivity index (χ2v) is 6.15. The maximum Gasteiger partial charge on any atom is 0.260 e. The lowest BCUT2D eigenvalue weighted by Crippen LogP contribution is -2.50. The number of ether oxygens (including phenoxy) is 1. The van der Waals surface area contributed by atoms with Crippen molar-refractivity contribution < 1.29 is 13.9 Å². The molecule has 1 aliphatic heterocycles. The van der Waals surface area contributed by atoms with Gasteiger partial charge < -0.3 is 14.5 Å². The molecule has 6 nitrogen and oxygen atoms in total. The molecule has 0 aliphatic carbocycles. The summed E-state index contributed by atoms with van der Waals surface area (Å²) in [7, 11) is 0. The van der Waals surface area contributed by atoms with E-state index in [2.05, 4.69) is 9.97 Å². The Morgan fingerprint density at radius 1 is 1.28 bits per heavy atom. The van der Waals surface area contributed by atoms with Gasteiger partial charge in [-0.1, -0.05) is 17.7 Å². The number of piperazine rings is 1. The van der Waals surface area contributed by atoms with Crippen LogP contribution in [-0.4, -0.2) is 53.6 Å². The molecule has 1 aliphatic rings. The van der Waals surface area contributed by atoms with Crippen molar-refractivity contribution in [1.29, 1.82) is 0 Å². The average molecular weight is 365 g/mol. The summed E-state index contributed by atoms with van der Waals surface area (Å²) in [5.41, 5.74) is 0.318. The number of carbonyl (C=O) groups excluding carboxylic acids is 1.